The van der Waals surface area contributed by atoms with Crippen molar-refractivity contribution in [3.05, 3.63) is 46.9 Å². The van der Waals surface area contributed by atoms with E-state index in [0.29, 0.717) is 61.3 Å². The van der Waals surface area contributed by atoms with Gasteiger partial charge in [0.15, 0.2) is 0 Å². The van der Waals surface area contributed by atoms with Gasteiger partial charge in [-0.05, 0) is 31.5 Å². The summed E-state index contributed by atoms with van der Waals surface area (Å²) in [6.07, 6.45) is 0.0491. The third-order valence-electron chi connectivity index (χ3n) is 5.95. The number of nitrogens with zero attached hydrogens (tertiary/aromatic N) is 5. The number of hydrogen-bond donors (Lipinski definition) is 1. The minimum Gasteiger partial charge on any atom is -0.339 e. The van der Waals surface area contributed by atoms with Crippen molar-refractivity contribution >= 4 is 29.5 Å². The molecule has 2 aromatic rings. The fourth-order valence-electron chi connectivity index (χ4n) is 4.02. The fraction of sp³-hybridized carbons (Fsp3) is 0.435. The van der Waals surface area contributed by atoms with Crippen molar-refractivity contribution in [3.8, 4) is 0 Å². The highest BCUT2D eigenvalue weighted by Crippen LogP contribution is 2.30. The van der Waals surface area contributed by atoms with Gasteiger partial charge in [0.2, 0.25) is 17.8 Å². The number of nitrogens with one attached hydrogen (secondary N) is 1. The topological polar surface area (TPSA) is 98.7 Å². The van der Waals surface area contributed by atoms with Crippen molar-refractivity contribution < 1.29 is 18.8 Å². The lowest BCUT2D eigenvalue weighted by molar-refractivity contribution is -0.129. The van der Waals surface area contributed by atoms with Crippen molar-refractivity contribution in [2.24, 2.45) is 0 Å². The lowest BCUT2D eigenvalue weighted by Gasteiger charge is -2.34. The highest BCUT2D eigenvalue weighted by molar-refractivity contribution is 6.00. The van der Waals surface area contributed by atoms with Gasteiger partial charge in [0.1, 0.15) is 17.3 Å². The molecule has 3 amide bonds. The summed E-state index contributed by atoms with van der Waals surface area (Å²) in [5.41, 5.74) is 1.55. The van der Waals surface area contributed by atoms with Crippen LogP contribution in [0.15, 0.2) is 24.3 Å². The van der Waals surface area contributed by atoms with Crippen molar-refractivity contribution in [1.29, 1.82) is 0 Å². The van der Waals surface area contributed by atoms with Crippen LogP contribution in [-0.4, -0.2) is 69.7 Å². The molecule has 0 bridgehead atoms. The van der Waals surface area contributed by atoms with Crippen LogP contribution >= 0.6 is 0 Å². The van der Waals surface area contributed by atoms with Crippen molar-refractivity contribution in [2.45, 2.75) is 39.8 Å². The van der Waals surface area contributed by atoms with Gasteiger partial charge in [-0.3, -0.25) is 14.4 Å². The Morgan fingerprint density at radius 1 is 1.09 bits per heavy atom. The summed E-state index contributed by atoms with van der Waals surface area (Å²) in [4.78, 5) is 51.9. The molecule has 9 nitrogen and oxygen atoms in total. The molecule has 1 saturated heterocycles. The van der Waals surface area contributed by atoms with E-state index in [1.807, 2.05) is 18.7 Å². The van der Waals surface area contributed by atoms with Crippen molar-refractivity contribution in [1.82, 2.24) is 19.8 Å². The summed E-state index contributed by atoms with van der Waals surface area (Å²) >= 11 is 0. The van der Waals surface area contributed by atoms with E-state index < -0.39 is 0 Å². The predicted octanol–water partition coefficient (Wildman–Crippen LogP) is 1.83. The molecule has 1 fully saturated rings. The average molecular weight is 455 g/mol. The van der Waals surface area contributed by atoms with E-state index in [-0.39, 0.29) is 36.0 Å². The Balaban J connectivity index is 1.60. The van der Waals surface area contributed by atoms with Gasteiger partial charge in [0.05, 0.1) is 13.0 Å². The number of anilines is 2. The minimum absolute atomic E-state index is 0.0148. The highest BCUT2D eigenvalue weighted by atomic mass is 19.1. The number of carbonyl (C=O) groups excluding carboxylic acids is 3. The van der Waals surface area contributed by atoms with Crippen LogP contribution in [-0.2, 0) is 22.6 Å². The highest BCUT2D eigenvalue weighted by Gasteiger charge is 2.35. The number of carbonyl (C=O) groups is 3. The zero-order chi connectivity index (χ0) is 23.7. The molecule has 1 N–H and O–H groups in total. The van der Waals surface area contributed by atoms with Crippen LogP contribution in [0, 0.1) is 5.82 Å². The quantitative estimate of drug-likeness (QED) is 0.740. The second-order valence-electron chi connectivity index (χ2n) is 8.57. The number of fused-ring (bicyclic) bond motifs is 1. The van der Waals surface area contributed by atoms with Crippen LogP contribution in [0.4, 0.5) is 16.2 Å². The van der Waals surface area contributed by atoms with Gasteiger partial charge in [0.25, 0.3) is 5.91 Å². The molecule has 1 aromatic heterocycles. The molecule has 0 atom stereocenters. The van der Waals surface area contributed by atoms with E-state index in [0.717, 1.165) is 0 Å². The Labute approximate surface area is 191 Å². The zero-order valence-electron chi connectivity index (χ0n) is 19.0. The smallest absolute Gasteiger partial charge is 0.273 e. The molecule has 0 unspecified atom stereocenters. The SMILES string of the molecule is CC(=O)N1CCN(c2nc(NC(=O)Cc3ccc(F)cc3)c3c(n2)C(=O)N(C(C)C)C3)CC1. The van der Waals surface area contributed by atoms with E-state index in [1.54, 1.807) is 21.9 Å². The number of aromatic nitrogens is 2. The molecule has 33 heavy (non-hydrogen) atoms. The average Bonchev–Trinajstić information content (AvgIpc) is 3.12. The maximum Gasteiger partial charge on any atom is 0.273 e. The van der Waals surface area contributed by atoms with E-state index in [9.17, 15) is 18.8 Å². The monoisotopic (exact) mass is 454 g/mol. The van der Waals surface area contributed by atoms with Crippen LogP contribution in [0.2, 0.25) is 0 Å². The number of piperazine rings is 1. The normalized spacial score (nSPS) is 15.8. The van der Waals surface area contributed by atoms with E-state index in [1.165, 1.54) is 19.1 Å². The minimum atomic E-state index is -0.366. The van der Waals surface area contributed by atoms with Gasteiger partial charge in [-0.25, -0.2) is 9.37 Å². The number of hydrogen-bond acceptors (Lipinski definition) is 6. The molecule has 2 aliphatic heterocycles. The lowest BCUT2D eigenvalue weighted by atomic mass is 10.1. The summed E-state index contributed by atoms with van der Waals surface area (Å²) in [6.45, 7) is 7.83. The Morgan fingerprint density at radius 2 is 1.76 bits per heavy atom. The molecule has 1 aromatic carbocycles. The van der Waals surface area contributed by atoms with Crippen LogP contribution in [0.3, 0.4) is 0 Å². The van der Waals surface area contributed by atoms with Gasteiger partial charge in [-0.1, -0.05) is 12.1 Å². The summed E-state index contributed by atoms with van der Waals surface area (Å²) in [5, 5.41) is 2.84. The van der Waals surface area contributed by atoms with Crippen molar-refractivity contribution in [2.75, 3.05) is 36.4 Å². The standard InChI is InChI=1S/C23H27FN6O3/c1-14(2)30-13-18-20(22(30)33)26-23(29-10-8-28(9-11-29)15(3)31)27-21(18)25-19(32)12-16-4-6-17(24)7-5-16/h4-7,14H,8-13H2,1-3H3,(H,25,26,27,32). The summed E-state index contributed by atoms with van der Waals surface area (Å²) in [5.74, 6) is -0.193. The summed E-state index contributed by atoms with van der Waals surface area (Å²) < 4.78 is 13.2. The van der Waals surface area contributed by atoms with E-state index in [4.69, 9.17) is 0 Å². The second-order valence-corrected chi connectivity index (χ2v) is 8.57. The van der Waals surface area contributed by atoms with Gasteiger partial charge < -0.3 is 20.0 Å². The molecule has 174 valence electrons. The molecule has 3 heterocycles. The third kappa shape index (κ3) is 4.79. The van der Waals surface area contributed by atoms with E-state index >= 15 is 0 Å². The predicted molar refractivity (Wildman–Crippen MR) is 120 cm³/mol. The molecule has 4 rings (SSSR count). The van der Waals surface area contributed by atoms with Gasteiger partial charge >= 0.3 is 0 Å². The first-order chi connectivity index (χ1) is 15.7. The molecule has 0 spiro atoms. The molecule has 0 saturated carbocycles. The maximum absolute atomic E-state index is 13.2. The largest absolute Gasteiger partial charge is 0.339 e. The Kier molecular flexibility index (Phi) is 6.26. The first-order valence-electron chi connectivity index (χ1n) is 11.0. The van der Waals surface area contributed by atoms with Gasteiger partial charge in [-0.2, -0.15) is 4.98 Å². The molecular weight excluding hydrogens is 427 g/mol. The zero-order valence-corrected chi connectivity index (χ0v) is 19.0. The first-order valence-corrected chi connectivity index (χ1v) is 11.0. The molecule has 2 aliphatic rings. The number of amides is 3. The second kappa shape index (κ2) is 9.13. The van der Waals surface area contributed by atoms with Crippen LogP contribution in [0.1, 0.15) is 42.4 Å². The Morgan fingerprint density at radius 3 is 2.36 bits per heavy atom. The summed E-state index contributed by atoms with van der Waals surface area (Å²) in [6, 6.07) is 5.70. The van der Waals surface area contributed by atoms with E-state index in [2.05, 4.69) is 15.3 Å². The third-order valence-corrected chi connectivity index (χ3v) is 5.95. The van der Waals surface area contributed by atoms with Gasteiger partial charge in [0, 0.05) is 44.7 Å². The number of benzene rings is 1. The molecule has 0 aliphatic carbocycles. The number of rotatable bonds is 5. The Bertz CT molecular complexity index is 1080. The number of halogens is 1. The van der Waals surface area contributed by atoms with Crippen molar-refractivity contribution in [3.63, 3.8) is 0 Å². The van der Waals surface area contributed by atoms with Crippen LogP contribution < -0.4 is 10.2 Å². The van der Waals surface area contributed by atoms with Crippen LogP contribution in [0.5, 0.6) is 0 Å². The summed E-state index contributed by atoms with van der Waals surface area (Å²) in [7, 11) is 0. The molecule has 0 radical (unpaired) electrons. The Hall–Kier alpha value is -3.56. The molecular formula is C23H27FN6O3. The van der Waals surface area contributed by atoms with Gasteiger partial charge in [-0.15, -0.1) is 0 Å². The molecule has 10 heteroatoms. The first kappa shape index (κ1) is 22.6. The van der Waals surface area contributed by atoms with Crippen LogP contribution in [0.25, 0.3) is 0 Å². The fourth-order valence-corrected chi connectivity index (χ4v) is 4.02. The maximum atomic E-state index is 13.2. The lowest BCUT2D eigenvalue weighted by Crippen LogP contribution is -2.48.